The van der Waals surface area contributed by atoms with E-state index in [1.54, 1.807) is 30.3 Å². The summed E-state index contributed by atoms with van der Waals surface area (Å²) in [6, 6.07) is 14.2. The van der Waals surface area contributed by atoms with Gasteiger partial charge in [0.2, 0.25) is 10.0 Å². The molecule has 1 N–H and O–H groups in total. The summed E-state index contributed by atoms with van der Waals surface area (Å²) in [7, 11) is -3.50. The predicted molar refractivity (Wildman–Crippen MR) is 88.4 cm³/mol. The van der Waals surface area contributed by atoms with Gasteiger partial charge in [-0.15, -0.1) is 0 Å². The molecule has 0 aromatic heterocycles. The highest BCUT2D eigenvalue weighted by Crippen LogP contribution is 2.30. The van der Waals surface area contributed by atoms with Gasteiger partial charge in [0.25, 0.3) is 0 Å². The van der Waals surface area contributed by atoms with Gasteiger partial charge in [0, 0.05) is 5.02 Å². The van der Waals surface area contributed by atoms with Crippen LogP contribution in [0.2, 0.25) is 5.02 Å². The molecule has 1 aliphatic rings. The number of hydrogen-bond donors (Lipinski definition) is 1. The molecule has 0 radical (unpaired) electrons. The second-order valence-electron chi connectivity index (χ2n) is 5.20. The molecule has 2 aromatic rings. The van der Waals surface area contributed by atoms with Crippen LogP contribution in [0.4, 0.5) is 0 Å². The van der Waals surface area contributed by atoms with E-state index in [9.17, 15) is 8.42 Å². The molecule has 1 aliphatic heterocycles. The first-order valence-corrected chi connectivity index (χ1v) is 9.16. The number of sulfonamides is 1. The van der Waals surface area contributed by atoms with Crippen molar-refractivity contribution < 1.29 is 17.9 Å². The third-order valence-electron chi connectivity index (χ3n) is 3.40. The number of halogens is 1. The van der Waals surface area contributed by atoms with Crippen LogP contribution in [0.3, 0.4) is 0 Å². The van der Waals surface area contributed by atoms with Gasteiger partial charge in [0.15, 0.2) is 11.5 Å². The number of para-hydroxylation sites is 2. The third kappa shape index (κ3) is 4.16. The minimum atomic E-state index is -3.50. The highest BCUT2D eigenvalue weighted by molar-refractivity contribution is 7.88. The van der Waals surface area contributed by atoms with Crippen molar-refractivity contribution in [1.82, 2.24) is 4.72 Å². The van der Waals surface area contributed by atoms with E-state index >= 15 is 0 Å². The van der Waals surface area contributed by atoms with Crippen LogP contribution in [-0.2, 0) is 15.8 Å². The molecule has 1 atom stereocenters. The first kappa shape index (κ1) is 16.1. The highest BCUT2D eigenvalue weighted by Gasteiger charge is 2.23. The van der Waals surface area contributed by atoms with Crippen LogP contribution in [0.25, 0.3) is 0 Å². The first-order chi connectivity index (χ1) is 11.0. The average molecular weight is 354 g/mol. The largest absolute Gasteiger partial charge is 0.486 e. The van der Waals surface area contributed by atoms with Crippen LogP contribution in [0.1, 0.15) is 5.56 Å². The fourth-order valence-corrected chi connectivity index (χ4v) is 3.74. The number of benzene rings is 2. The lowest BCUT2D eigenvalue weighted by Crippen LogP contribution is -2.41. The quantitative estimate of drug-likeness (QED) is 0.897. The van der Waals surface area contributed by atoms with E-state index in [0.717, 1.165) is 0 Å². The van der Waals surface area contributed by atoms with E-state index in [0.29, 0.717) is 28.7 Å². The van der Waals surface area contributed by atoms with E-state index in [2.05, 4.69) is 4.72 Å². The van der Waals surface area contributed by atoms with E-state index in [1.165, 1.54) is 0 Å². The molecule has 0 aliphatic carbocycles. The highest BCUT2D eigenvalue weighted by atomic mass is 35.5. The summed E-state index contributed by atoms with van der Waals surface area (Å²) in [6.07, 6.45) is -0.370. The number of fused-ring (bicyclic) bond motifs is 1. The van der Waals surface area contributed by atoms with Gasteiger partial charge < -0.3 is 9.47 Å². The molecule has 0 saturated carbocycles. The van der Waals surface area contributed by atoms with Crippen LogP contribution in [0, 0.1) is 0 Å². The van der Waals surface area contributed by atoms with Crippen molar-refractivity contribution in [2.45, 2.75) is 11.9 Å². The Morgan fingerprint density at radius 2 is 1.78 bits per heavy atom. The SMILES string of the molecule is O=S(=O)(Cc1ccccc1Cl)NC[C@@H]1COc2ccccc2O1. The van der Waals surface area contributed by atoms with Gasteiger partial charge in [-0.05, 0) is 23.8 Å². The molecule has 0 saturated heterocycles. The fraction of sp³-hybridized carbons (Fsp3) is 0.250. The zero-order valence-corrected chi connectivity index (χ0v) is 13.8. The minimum absolute atomic E-state index is 0.140. The lowest BCUT2D eigenvalue weighted by Gasteiger charge is -2.26. The van der Waals surface area contributed by atoms with Crippen LogP contribution >= 0.6 is 11.6 Å². The zero-order valence-electron chi connectivity index (χ0n) is 12.2. The van der Waals surface area contributed by atoms with Gasteiger partial charge in [-0.1, -0.05) is 41.9 Å². The normalized spacial score (nSPS) is 17.0. The standard InChI is InChI=1S/C16H16ClNO4S/c17-14-6-2-1-5-12(14)11-23(19,20)18-9-13-10-21-15-7-3-4-8-16(15)22-13/h1-8,13,18H,9-11H2/t13-/m1/s1. The number of ether oxygens (including phenoxy) is 2. The van der Waals surface area contributed by atoms with E-state index in [4.69, 9.17) is 21.1 Å². The summed E-state index contributed by atoms with van der Waals surface area (Å²) in [5.41, 5.74) is 0.563. The summed E-state index contributed by atoms with van der Waals surface area (Å²) in [6.45, 7) is 0.437. The third-order valence-corrected chi connectivity index (χ3v) is 5.07. The van der Waals surface area contributed by atoms with Gasteiger partial charge in [0.1, 0.15) is 12.7 Å². The summed E-state index contributed by atoms with van der Waals surface area (Å²) in [4.78, 5) is 0. The van der Waals surface area contributed by atoms with Gasteiger partial charge in [-0.3, -0.25) is 0 Å². The maximum absolute atomic E-state index is 12.2. The topological polar surface area (TPSA) is 64.6 Å². The number of hydrogen-bond acceptors (Lipinski definition) is 4. The lowest BCUT2D eigenvalue weighted by molar-refractivity contribution is 0.0943. The van der Waals surface area contributed by atoms with Crippen molar-refractivity contribution in [3.8, 4) is 11.5 Å². The molecule has 122 valence electrons. The average Bonchev–Trinajstić information content (AvgIpc) is 2.55. The van der Waals surface area contributed by atoms with Gasteiger partial charge in [-0.2, -0.15) is 0 Å². The van der Waals surface area contributed by atoms with Crippen molar-refractivity contribution in [1.29, 1.82) is 0 Å². The monoisotopic (exact) mass is 353 g/mol. The van der Waals surface area contributed by atoms with E-state index in [1.807, 2.05) is 18.2 Å². The molecule has 7 heteroatoms. The maximum atomic E-state index is 12.2. The molecule has 0 spiro atoms. The molecular formula is C16H16ClNO4S. The lowest BCUT2D eigenvalue weighted by atomic mass is 10.2. The second-order valence-corrected chi connectivity index (χ2v) is 7.41. The van der Waals surface area contributed by atoms with Gasteiger partial charge in [-0.25, -0.2) is 13.1 Å². The van der Waals surface area contributed by atoms with E-state index in [-0.39, 0.29) is 18.4 Å². The first-order valence-electron chi connectivity index (χ1n) is 7.13. The number of nitrogens with one attached hydrogen (secondary N) is 1. The summed E-state index contributed by atoms with van der Waals surface area (Å²) < 4.78 is 38.2. The Morgan fingerprint density at radius 3 is 2.57 bits per heavy atom. The smallest absolute Gasteiger partial charge is 0.215 e. The Kier molecular flexibility index (Phi) is 4.75. The molecule has 0 amide bonds. The van der Waals surface area contributed by atoms with Crippen LogP contribution < -0.4 is 14.2 Å². The maximum Gasteiger partial charge on any atom is 0.215 e. The number of rotatable bonds is 5. The van der Waals surface area contributed by atoms with Crippen molar-refractivity contribution >= 4 is 21.6 Å². The Hall–Kier alpha value is -1.76. The van der Waals surface area contributed by atoms with Crippen LogP contribution in [0.5, 0.6) is 11.5 Å². The molecular weight excluding hydrogens is 338 g/mol. The van der Waals surface area contributed by atoms with Gasteiger partial charge >= 0.3 is 0 Å². The Bertz CT molecular complexity index is 794. The second kappa shape index (κ2) is 6.78. The van der Waals surface area contributed by atoms with Crippen molar-refractivity contribution in [3.05, 3.63) is 59.1 Å². The molecule has 3 rings (SSSR count). The summed E-state index contributed by atoms with van der Waals surface area (Å²) in [5.74, 6) is 1.12. The van der Waals surface area contributed by atoms with Crippen molar-refractivity contribution in [2.75, 3.05) is 13.2 Å². The van der Waals surface area contributed by atoms with Crippen LogP contribution in [-0.4, -0.2) is 27.7 Å². The summed E-state index contributed by atoms with van der Waals surface area (Å²) >= 11 is 6.00. The molecule has 1 heterocycles. The molecule has 5 nitrogen and oxygen atoms in total. The molecule has 0 bridgehead atoms. The molecule has 23 heavy (non-hydrogen) atoms. The Labute approximate surface area is 140 Å². The van der Waals surface area contributed by atoms with Gasteiger partial charge in [0.05, 0.1) is 12.3 Å². The van der Waals surface area contributed by atoms with Crippen LogP contribution in [0.15, 0.2) is 48.5 Å². The fourth-order valence-electron chi connectivity index (χ4n) is 2.25. The molecule has 2 aromatic carbocycles. The molecule has 0 fully saturated rings. The van der Waals surface area contributed by atoms with Crippen molar-refractivity contribution in [3.63, 3.8) is 0 Å². The predicted octanol–water partition coefficient (Wildman–Crippen LogP) is 2.60. The summed E-state index contributed by atoms with van der Waals surface area (Å²) in [5, 5.41) is 0.434. The van der Waals surface area contributed by atoms with Crippen molar-refractivity contribution in [2.24, 2.45) is 0 Å². The molecule has 0 unspecified atom stereocenters. The van der Waals surface area contributed by atoms with E-state index < -0.39 is 10.0 Å². The zero-order chi connectivity index (χ0) is 16.3. The minimum Gasteiger partial charge on any atom is -0.486 e. The Balaban J connectivity index is 1.59. The Morgan fingerprint density at radius 1 is 1.09 bits per heavy atom.